The summed E-state index contributed by atoms with van der Waals surface area (Å²) in [5, 5.41) is 1.15. The summed E-state index contributed by atoms with van der Waals surface area (Å²) in [4.78, 5) is 0. The van der Waals surface area contributed by atoms with Crippen LogP contribution < -0.4 is 11.3 Å². The smallest absolute Gasteiger partial charge is 0.0570 e. The molecule has 3 N–H and O–H groups in total. The summed E-state index contributed by atoms with van der Waals surface area (Å²) >= 11 is 11.7. The molecule has 74 valence electrons. The minimum Gasteiger partial charge on any atom is -0.271 e. The predicted octanol–water partition coefficient (Wildman–Crippen LogP) is 2.52. The Hall–Kier alpha value is -0.720. The first-order chi connectivity index (χ1) is 6.67. The van der Waals surface area contributed by atoms with E-state index in [-0.39, 0.29) is 6.04 Å². The Balaban J connectivity index is 2.98. The lowest BCUT2D eigenvalue weighted by atomic mass is 10.1. The molecule has 4 heteroatoms. The van der Waals surface area contributed by atoms with Crippen molar-refractivity contribution in [2.45, 2.75) is 12.5 Å². The molecule has 0 saturated heterocycles. The molecule has 0 aliphatic heterocycles. The van der Waals surface area contributed by atoms with Crippen LogP contribution in [-0.2, 0) is 0 Å². The second kappa shape index (κ2) is 5.23. The fourth-order valence-electron chi connectivity index (χ4n) is 1.17. The van der Waals surface area contributed by atoms with E-state index in [1.165, 1.54) is 0 Å². The van der Waals surface area contributed by atoms with Gasteiger partial charge in [0.1, 0.15) is 0 Å². The Bertz CT molecular complexity index is 337. The van der Waals surface area contributed by atoms with Gasteiger partial charge >= 0.3 is 0 Å². The normalized spacial score (nSPS) is 12.1. The molecule has 0 radical (unpaired) electrons. The zero-order valence-corrected chi connectivity index (χ0v) is 8.94. The van der Waals surface area contributed by atoms with Gasteiger partial charge in [-0.2, -0.15) is 0 Å². The number of nitrogens with two attached hydrogens (primary N) is 1. The molecule has 0 aliphatic carbocycles. The molecule has 0 heterocycles. The minimum atomic E-state index is -0.115. The first-order valence-electron chi connectivity index (χ1n) is 4.03. The summed E-state index contributed by atoms with van der Waals surface area (Å²) in [5.41, 5.74) is 3.51. The third-order valence-electron chi connectivity index (χ3n) is 1.81. The molecule has 0 saturated carbocycles. The standard InChI is InChI=1S/C10H10Cl2N2/c1-2-3-10(14-13)7-4-8(11)6-9(12)5-7/h1,4-6,10,14H,3,13H2. The fourth-order valence-corrected chi connectivity index (χ4v) is 1.71. The van der Waals surface area contributed by atoms with E-state index in [1.807, 2.05) is 0 Å². The number of terminal acetylenes is 1. The van der Waals surface area contributed by atoms with Crippen molar-refractivity contribution < 1.29 is 0 Å². The highest BCUT2D eigenvalue weighted by atomic mass is 35.5. The highest BCUT2D eigenvalue weighted by Gasteiger charge is 2.09. The Morgan fingerprint density at radius 2 is 1.93 bits per heavy atom. The molecule has 0 amide bonds. The van der Waals surface area contributed by atoms with Gasteiger partial charge in [0.15, 0.2) is 0 Å². The van der Waals surface area contributed by atoms with Gasteiger partial charge in [-0.05, 0) is 23.8 Å². The lowest BCUT2D eigenvalue weighted by molar-refractivity contribution is 0.568. The van der Waals surface area contributed by atoms with E-state index in [2.05, 4.69) is 11.3 Å². The van der Waals surface area contributed by atoms with Crippen molar-refractivity contribution in [2.75, 3.05) is 0 Å². The van der Waals surface area contributed by atoms with Crippen LogP contribution in [0.2, 0.25) is 10.0 Å². The molecule has 0 bridgehead atoms. The molecule has 14 heavy (non-hydrogen) atoms. The summed E-state index contributed by atoms with van der Waals surface area (Å²) in [6.07, 6.45) is 5.70. The lowest BCUT2D eigenvalue weighted by Crippen LogP contribution is -2.27. The van der Waals surface area contributed by atoms with Gasteiger partial charge in [-0.3, -0.25) is 11.3 Å². The van der Waals surface area contributed by atoms with Gasteiger partial charge in [0.05, 0.1) is 6.04 Å². The Morgan fingerprint density at radius 1 is 1.36 bits per heavy atom. The molecule has 1 unspecified atom stereocenters. The number of hydrogen-bond acceptors (Lipinski definition) is 2. The Labute approximate surface area is 93.4 Å². The topological polar surface area (TPSA) is 38.0 Å². The highest BCUT2D eigenvalue weighted by molar-refractivity contribution is 6.34. The molecule has 1 rings (SSSR count). The summed E-state index contributed by atoms with van der Waals surface area (Å²) in [7, 11) is 0. The predicted molar refractivity (Wildman–Crippen MR) is 60.0 cm³/mol. The molecule has 1 aromatic carbocycles. The van der Waals surface area contributed by atoms with Gasteiger partial charge in [0, 0.05) is 16.5 Å². The van der Waals surface area contributed by atoms with Crippen LogP contribution in [0.15, 0.2) is 18.2 Å². The van der Waals surface area contributed by atoms with Crippen molar-refractivity contribution in [1.29, 1.82) is 0 Å². The van der Waals surface area contributed by atoms with Gasteiger partial charge in [0.25, 0.3) is 0 Å². The van der Waals surface area contributed by atoms with E-state index in [0.717, 1.165) is 5.56 Å². The number of halogens is 2. The minimum absolute atomic E-state index is 0.115. The van der Waals surface area contributed by atoms with Crippen LogP contribution in [0.1, 0.15) is 18.0 Å². The van der Waals surface area contributed by atoms with Crippen molar-refractivity contribution in [3.8, 4) is 12.3 Å². The lowest BCUT2D eigenvalue weighted by Gasteiger charge is -2.13. The quantitative estimate of drug-likeness (QED) is 0.474. The van der Waals surface area contributed by atoms with E-state index in [0.29, 0.717) is 16.5 Å². The largest absolute Gasteiger partial charge is 0.271 e. The van der Waals surface area contributed by atoms with Gasteiger partial charge in [-0.25, -0.2) is 0 Å². The Morgan fingerprint density at radius 3 is 2.36 bits per heavy atom. The maximum absolute atomic E-state index is 5.85. The summed E-state index contributed by atoms with van der Waals surface area (Å²) < 4.78 is 0. The van der Waals surface area contributed by atoms with E-state index in [4.69, 9.17) is 35.5 Å². The van der Waals surface area contributed by atoms with Crippen LogP contribution in [0.25, 0.3) is 0 Å². The van der Waals surface area contributed by atoms with Crippen molar-refractivity contribution in [3.05, 3.63) is 33.8 Å². The average Bonchev–Trinajstić information content (AvgIpc) is 2.12. The Kier molecular flexibility index (Phi) is 4.24. The molecule has 0 aliphatic rings. The van der Waals surface area contributed by atoms with Crippen LogP contribution in [0.4, 0.5) is 0 Å². The first-order valence-corrected chi connectivity index (χ1v) is 4.78. The van der Waals surface area contributed by atoms with Gasteiger partial charge < -0.3 is 0 Å². The third kappa shape index (κ3) is 2.90. The van der Waals surface area contributed by atoms with Crippen LogP contribution in [0.3, 0.4) is 0 Å². The number of nitrogens with one attached hydrogen (secondary N) is 1. The zero-order valence-electron chi connectivity index (χ0n) is 7.43. The van der Waals surface area contributed by atoms with Gasteiger partial charge in [-0.1, -0.05) is 23.2 Å². The van der Waals surface area contributed by atoms with Crippen molar-refractivity contribution in [3.63, 3.8) is 0 Å². The third-order valence-corrected chi connectivity index (χ3v) is 2.25. The maximum atomic E-state index is 5.85. The average molecular weight is 229 g/mol. The second-order valence-corrected chi connectivity index (χ2v) is 3.70. The number of benzene rings is 1. The molecule has 2 nitrogen and oxygen atoms in total. The second-order valence-electron chi connectivity index (χ2n) is 2.83. The van der Waals surface area contributed by atoms with Crippen LogP contribution in [-0.4, -0.2) is 0 Å². The molecule has 1 atom stereocenters. The van der Waals surface area contributed by atoms with Crippen molar-refractivity contribution in [2.24, 2.45) is 5.84 Å². The summed E-state index contributed by atoms with van der Waals surface area (Å²) in [6, 6.07) is 5.12. The molecule has 0 fully saturated rings. The summed E-state index contributed by atoms with van der Waals surface area (Å²) in [5.74, 6) is 7.89. The van der Waals surface area contributed by atoms with Crippen molar-refractivity contribution in [1.82, 2.24) is 5.43 Å². The van der Waals surface area contributed by atoms with E-state index in [9.17, 15) is 0 Å². The monoisotopic (exact) mass is 228 g/mol. The zero-order chi connectivity index (χ0) is 10.6. The first kappa shape index (κ1) is 11.4. The van der Waals surface area contributed by atoms with E-state index < -0.39 is 0 Å². The molecular weight excluding hydrogens is 219 g/mol. The van der Waals surface area contributed by atoms with Crippen molar-refractivity contribution >= 4 is 23.2 Å². The highest BCUT2D eigenvalue weighted by Crippen LogP contribution is 2.24. The van der Waals surface area contributed by atoms with Crippen LogP contribution >= 0.6 is 23.2 Å². The SMILES string of the molecule is C#CCC(NN)c1cc(Cl)cc(Cl)c1. The van der Waals surface area contributed by atoms with Gasteiger partial charge in [-0.15, -0.1) is 12.3 Å². The molecular formula is C10H10Cl2N2. The molecule has 0 spiro atoms. The van der Waals surface area contributed by atoms with Gasteiger partial charge in [0.2, 0.25) is 0 Å². The van der Waals surface area contributed by atoms with Crippen LogP contribution in [0, 0.1) is 12.3 Å². The fraction of sp³-hybridized carbons (Fsp3) is 0.200. The summed E-state index contributed by atoms with van der Waals surface area (Å²) in [6.45, 7) is 0. The number of hydrazine groups is 1. The van der Waals surface area contributed by atoms with E-state index in [1.54, 1.807) is 18.2 Å². The number of rotatable bonds is 3. The number of hydrogen-bond donors (Lipinski definition) is 2. The van der Waals surface area contributed by atoms with Crippen LogP contribution in [0.5, 0.6) is 0 Å². The molecule has 0 aromatic heterocycles. The maximum Gasteiger partial charge on any atom is 0.0570 e. The molecule has 1 aromatic rings. The van der Waals surface area contributed by atoms with E-state index >= 15 is 0 Å².